The highest BCUT2D eigenvalue weighted by Gasteiger charge is 2.28. The topological polar surface area (TPSA) is 58.4 Å². The second kappa shape index (κ2) is 4.89. The third kappa shape index (κ3) is 2.43. The number of rotatable bonds is 3. The van der Waals surface area contributed by atoms with Gasteiger partial charge in [0.1, 0.15) is 16.8 Å². The van der Waals surface area contributed by atoms with Gasteiger partial charge in [-0.1, -0.05) is 12.2 Å². The standard InChI is InChI=1S/C12H14FN3OS/c1-16-5-4-10(12(16)17)15-7-2-3-8(11(14)18)9(13)6-7/h2-3,6,10,15H,4-5H2,1H3,(H2,14,18). The Hall–Kier alpha value is -1.69. The lowest BCUT2D eigenvalue weighted by Gasteiger charge is -2.14. The predicted octanol–water partition coefficient (Wildman–Crippen LogP) is 1.10. The van der Waals surface area contributed by atoms with Crippen LogP contribution in [-0.4, -0.2) is 35.4 Å². The van der Waals surface area contributed by atoms with Crippen molar-refractivity contribution in [2.75, 3.05) is 18.9 Å². The van der Waals surface area contributed by atoms with Crippen LogP contribution >= 0.6 is 12.2 Å². The molecule has 1 aromatic rings. The molecule has 1 atom stereocenters. The Morgan fingerprint density at radius 2 is 2.33 bits per heavy atom. The second-order valence-corrected chi connectivity index (χ2v) is 4.74. The number of thiocarbonyl (C=S) groups is 1. The van der Waals surface area contributed by atoms with Gasteiger partial charge >= 0.3 is 0 Å². The van der Waals surface area contributed by atoms with Gasteiger partial charge in [0.25, 0.3) is 0 Å². The highest BCUT2D eigenvalue weighted by molar-refractivity contribution is 7.80. The van der Waals surface area contributed by atoms with E-state index in [4.69, 9.17) is 18.0 Å². The molecule has 0 aromatic heterocycles. The van der Waals surface area contributed by atoms with E-state index in [9.17, 15) is 9.18 Å². The molecule has 0 spiro atoms. The lowest BCUT2D eigenvalue weighted by molar-refractivity contribution is -0.127. The molecule has 1 aliphatic rings. The minimum Gasteiger partial charge on any atom is -0.389 e. The van der Waals surface area contributed by atoms with Gasteiger partial charge in [0.15, 0.2) is 0 Å². The first kappa shape index (κ1) is 12.8. The van der Waals surface area contributed by atoms with Crippen LogP contribution in [0.4, 0.5) is 10.1 Å². The van der Waals surface area contributed by atoms with E-state index in [0.29, 0.717) is 18.7 Å². The molecule has 0 radical (unpaired) electrons. The summed E-state index contributed by atoms with van der Waals surface area (Å²) in [5, 5.41) is 3.01. The molecule has 18 heavy (non-hydrogen) atoms. The van der Waals surface area contributed by atoms with E-state index < -0.39 is 5.82 Å². The Bertz CT molecular complexity index is 506. The number of anilines is 1. The van der Waals surface area contributed by atoms with Crippen molar-refractivity contribution in [2.24, 2.45) is 5.73 Å². The van der Waals surface area contributed by atoms with Gasteiger partial charge in [-0.25, -0.2) is 4.39 Å². The first-order chi connectivity index (χ1) is 8.49. The van der Waals surface area contributed by atoms with Crippen molar-refractivity contribution in [2.45, 2.75) is 12.5 Å². The van der Waals surface area contributed by atoms with Crippen molar-refractivity contribution in [1.29, 1.82) is 0 Å². The zero-order valence-electron chi connectivity index (χ0n) is 9.94. The first-order valence-corrected chi connectivity index (χ1v) is 6.00. The van der Waals surface area contributed by atoms with Crippen LogP contribution in [0, 0.1) is 5.82 Å². The number of likely N-dealkylation sites (tertiary alicyclic amines) is 1. The normalized spacial score (nSPS) is 19.1. The molecular formula is C12H14FN3OS. The number of nitrogens with zero attached hydrogens (tertiary/aromatic N) is 1. The third-order valence-electron chi connectivity index (χ3n) is 3.00. The quantitative estimate of drug-likeness (QED) is 0.805. The number of nitrogens with one attached hydrogen (secondary N) is 1. The predicted molar refractivity (Wildman–Crippen MR) is 72.0 cm³/mol. The molecule has 0 bridgehead atoms. The van der Waals surface area contributed by atoms with Gasteiger partial charge in [0.05, 0.1) is 0 Å². The molecule has 2 rings (SSSR count). The van der Waals surface area contributed by atoms with Crippen LogP contribution in [0.25, 0.3) is 0 Å². The summed E-state index contributed by atoms with van der Waals surface area (Å²) in [6.45, 7) is 0.712. The van der Waals surface area contributed by atoms with E-state index in [1.54, 1.807) is 18.0 Å². The van der Waals surface area contributed by atoms with E-state index in [1.807, 2.05) is 0 Å². The van der Waals surface area contributed by atoms with E-state index >= 15 is 0 Å². The van der Waals surface area contributed by atoms with Crippen molar-refractivity contribution < 1.29 is 9.18 Å². The van der Waals surface area contributed by atoms with Gasteiger partial charge in [0.2, 0.25) is 5.91 Å². The molecule has 1 heterocycles. The Labute approximate surface area is 110 Å². The van der Waals surface area contributed by atoms with Crippen LogP contribution in [-0.2, 0) is 4.79 Å². The van der Waals surface area contributed by atoms with Gasteiger partial charge in [-0.15, -0.1) is 0 Å². The molecule has 3 N–H and O–H groups in total. The molecule has 0 aliphatic carbocycles. The molecule has 1 amide bonds. The Balaban J connectivity index is 2.14. The molecule has 1 unspecified atom stereocenters. The van der Waals surface area contributed by atoms with Gasteiger partial charge in [-0.3, -0.25) is 4.79 Å². The van der Waals surface area contributed by atoms with Gasteiger partial charge in [0, 0.05) is 24.8 Å². The maximum atomic E-state index is 13.6. The van der Waals surface area contributed by atoms with Crippen molar-refractivity contribution in [1.82, 2.24) is 4.90 Å². The minimum atomic E-state index is -0.480. The van der Waals surface area contributed by atoms with Crippen molar-refractivity contribution in [3.8, 4) is 0 Å². The monoisotopic (exact) mass is 267 g/mol. The third-order valence-corrected chi connectivity index (χ3v) is 3.22. The lowest BCUT2D eigenvalue weighted by atomic mass is 10.1. The number of carbonyl (C=O) groups is 1. The molecule has 4 nitrogen and oxygen atoms in total. The smallest absolute Gasteiger partial charge is 0.244 e. The number of likely N-dealkylation sites (N-methyl/N-ethyl adjacent to an activating group) is 1. The maximum absolute atomic E-state index is 13.6. The maximum Gasteiger partial charge on any atom is 0.244 e. The molecule has 96 valence electrons. The first-order valence-electron chi connectivity index (χ1n) is 5.60. The fourth-order valence-corrected chi connectivity index (χ4v) is 2.13. The Morgan fingerprint density at radius 3 is 2.83 bits per heavy atom. The largest absolute Gasteiger partial charge is 0.389 e. The number of carbonyl (C=O) groups excluding carboxylic acids is 1. The zero-order chi connectivity index (χ0) is 13.3. The summed E-state index contributed by atoms with van der Waals surface area (Å²) in [6.07, 6.45) is 0.716. The highest BCUT2D eigenvalue weighted by atomic mass is 32.1. The molecule has 1 saturated heterocycles. The summed E-state index contributed by atoms with van der Waals surface area (Å²) >= 11 is 4.73. The zero-order valence-corrected chi connectivity index (χ0v) is 10.8. The number of halogens is 1. The number of hydrogen-bond donors (Lipinski definition) is 2. The Morgan fingerprint density at radius 1 is 1.61 bits per heavy atom. The van der Waals surface area contributed by atoms with Crippen LogP contribution in [0.2, 0.25) is 0 Å². The summed E-state index contributed by atoms with van der Waals surface area (Å²) in [7, 11) is 1.75. The fourth-order valence-electron chi connectivity index (χ4n) is 1.96. The number of hydrogen-bond acceptors (Lipinski definition) is 3. The van der Waals surface area contributed by atoms with E-state index in [0.717, 1.165) is 0 Å². The highest BCUT2D eigenvalue weighted by Crippen LogP contribution is 2.19. The summed E-state index contributed by atoms with van der Waals surface area (Å²) in [4.78, 5) is 13.4. The molecule has 1 fully saturated rings. The molecule has 1 aromatic carbocycles. The van der Waals surface area contributed by atoms with Crippen LogP contribution in [0.15, 0.2) is 18.2 Å². The lowest BCUT2D eigenvalue weighted by Crippen LogP contribution is -2.31. The van der Waals surface area contributed by atoms with Crippen LogP contribution in [0.1, 0.15) is 12.0 Å². The van der Waals surface area contributed by atoms with Crippen molar-refractivity contribution in [3.05, 3.63) is 29.6 Å². The second-order valence-electron chi connectivity index (χ2n) is 4.30. The van der Waals surface area contributed by atoms with Crippen LogP contribution in [0.5, 0.6) is 0 Å². The van der Waals surface area contributed by atoms with Crippen molar-refractivity contribution >= 4 is 28.8 Å². The average molecular weight is 267 g/mol. The molecule has 0 saturated carbocycles. The molecule has 1 aliphatic heterocycles. The summed E-state index contributed by atoms with van der Waals surface area (Å²) in [5.41, 5.74) is 6.15. The molecular weight excluding hydrogens is 253 g/mol. The van der Waals surface area contributed by atoms with E-state index in [2.05, 4.69) is 5.32 Å². The number of benzene rings is 1. The average Bonchev–Trinajstić information content (AvgIpc) is 2.61. The molecule has 6 heteroatoms. The van der Waals surface area contributed by atoms with Gasteiger partial charge in [-0.05, 0) is 24.6 Å². The summed E-state index contributed by atoms with van der Waals surface area (Å²) < 4.78 is 13.6. The van der Waals surface area contributed by atoms with E-state index in [1.165, 1.54) is 12.1 Å². The summed E-state index contributed by atoms with van der Waals surface area (Å²) in [5.74, 6) is -0.458. The van der Waals surface area contributed by atoms with E-state index in [-0.39, 0.29) is 22.5 Å². The Kier molecular flexibility index (Phi) is 3.47. The fraction of sp³-hybridized carbons (Fsp3) is 0.333. The van der Waals surface area contributed by atoms with Gasteiger partial charge < -0.3 is 16.0 Å². The minimum absolute atomic E-state index is 0.0221. The van der Waals surface area contributed by atoms with Crippen LogP contribution < -0.4 is 11.1 Å². The summed E-state index contributed by atoms with van der Waals surface area (Å²) in [6, 6.07) is 4.21. The van der Waals surface area contributed by atoms with Crippen LogP contribution in [0.3, 0.4) is 0 Å². The van der Waals surface area contributed by atoms with Crippen molar-refractivity contribution in [3.63, 3.8) is 0 Å². The number of amides is 1. The van der Waals surface area contributed by atoms with Gasteiger partial charge in [-0.2, -0.15) is 0 Å². The number of nitrogens with two attached hydrogens (primary N) is 1. The SMILES string of the molecule is CN1CCC(Nc2ccc(C(N)=S)c(F)c2)C1=O.